The molecule has 0 saturated carbocycles. The smallest absolute Gasteiger partial charge is 0.312 e. The molecule has 0 aliphatic heterocycles. The molecule has 0 aliphatic carbocycles. The van der Waals surface area contributed by atoms with Gasteiger partial charge in [0.25, 0.3) is 0 Å². The molecule has 0 bridgehead atoms. The number of H-pyrrole nitrogens is 1. The highest BCUT2D eigenvalue weighted by Gasteiger charge is 2.11. The molecule has 25 heavy (non-hydrogen) atoms. The maximum absolute atomic E-state index is 13.2. The molecule has 6 heteroatoms. The number of nitrogens with one attached hydrogen (secondary N) is 1. The third kappa shape index (κ3) is 4.53. The number of fused-ring (bicyclic) bond motifs is 1. The Hall–Kier alpha value is -2.50. The predicted octanol–water partition coefficient (Wildman–Crippen LogP) is 4.18. The number of rotatable bonds is 8. The van der Waals surface area contributed by atoms with E-state index in [4.69, 9.17) is 5.73 Å². The van der Waals surface area contributed by atoms with Crippen molar-refractivity contribution in [2.24, 2.45) is 0 Å². The van der Waals surface area contributed by atoms with Crippen molar-refractivity contribution < 1.29 is 4.39 Å². The highest BCUT2D eigenvalue weighted by Crippen LogP contribution is 2.18. The van der Waals surface area contributed by atoms with Gasteiger partial charge in [0.1, 0.15) is 11.3 Å². The Balaban J connectivity index is 1.66. The lowest BCUT2D eigenvalue weighted by molar-refractivity contribution is 0.545. The summed E-state index contributed by atoms with van der Waals surface area (Å²) in [6.45, 7) is 2.23. The number of unbranched alkanes of at least 4 members (excludes halogenated alkanes) is 4. The molecular weight excluding hydrogens is 317 g/mol. The van der Waals surface area contributed by atoms with Gasteiger partial charge in [0.15, 0.2) is 11.5 Å². The summed E-state index contributed by atoms with van der Waals surface area (Å²) in [5, 5.41) is 0. The van der Waals surface area contributed by atoms with Gasteiger partial charge in [-0.25, -0.2) is 4.98 Å². The van der Waals surface area contributed by atoms with Crippen molar-refractivity contribution in [1.29, 1.82) is 0 Å². The largest absolute Gasteiger partial charge is 0.382 e. The minimum atomic E-state index is -0.854. The molecule has 5 nitrogen and oxygen atoms in total. The first-order valence-corrected chi connectivity index (χ1v) is 8.91. The van der Waals surface area contributed by atoms with E-state index in [9.17, 15) is 4.39 Å². The molecule has 0 aliphatic rings. The van der Waals surface area contributed by atoms with E-state index in [1.165, 1.54) is 37.7 Å². The third-order valence-electron chi connectivity index (χ3n) is 4.33. The normalized spacial score (nSPS) is 11.3. The summed E-state index contributed by atoms with van der Waals surface area (Å²) in [5.74, 6) is 0.795. The van der Waals surface area contributed by atoms with Crippen LogP contribution in [0.5, 0.6) is 0 Å². The van der Waals surface area contributed by atoms with Crippen LogP contribution in [0.1, 0.15) is 56.0 Å². The van der Waals surface area contributed by atoms with Gasteiger partial charge in [-0.15, -0.1) is 0 Å². The molecule has 0 fully saturated rings. The summed E-state index contributed by atoms with van der Waals surface area (Å²) in [5.41, 5.74) is 8.98. The van der Waals surface area contributed by atoms with Gasteiger partial charge >= 0.3 is 6.08 Å². The molecule has 0 atom stereocenters. The first-order valence-electron chi connectivity index (χ1n) is 8.91. The molecule has 0 saturated heterocycles. The zero-order chi connectivity index (χ0) is 17.6. The number of nitrogens with zero attached hydrogens (tertiary/aromatic N) is 3. The van der Waals surface area contributed by atoms with Crippen molar-refractivity contribution in [1.82, 2.24) is 19.9 Å². The number of halogens is 1. The van der Waals surface area contributed by atoms with Crippen LogP contribution in [0.2, 0.25) is 0 Å². The fourth-order valence-corrected chi connectivity index (χ4v) is 3.04. The van der Waals surface area contributed by atoms with Crippen LogP contribution in [0.3, 0.4) is 0 Å². The molecular formula is C19H24FN5. The average Bonchev–Trinajstić information content (AvgIpc) is 2.97. The number of anilines is 1. The van der Waals surface area contributed by atoms with Crippen molar-refractivity contribution in [2.45, 2.75) is 51.9 Å². The second-order valence-electron chi connectivity index (χ2n) is 6.42. The van der Waals surface area contributed by atoms with Crippen molar-refractivity contribution in [2.75, 3.05) is 5.73 Å². The number of aromatic nitrogens is 4. The van der Waals surface area contributed by atoms with E-state index >= 15 is 0 Å². The Morgan fingerprint density at radius 3 is 2.68 bits per heavy atom. The van der Waals surface area contributed by atoms with Crippen LogP contribution < -0.4 is 5.73 Å². The summed E-state index contributed by atoms with van der Waals surface area (Å²) in [6.07, 6.45) is 7.28. The Labute approximate surface area is 146 Å². The average molecular weight is 341 g/mol. The van der Waals surface area contributed by atoms with Gasteiger partial charge < -0.3 is 10.7 Å². The summed E-state index contributed by atoms with van der Waals surface area (Å²) >= 11 is 0. The van der Waals surface area contributed by atoms with Crippen LogP contribution in [0.15, 0.2) is 24.3 Å². The van der Waals surface area contributed by atoms with Crippen molar-refractivity contribution in [3.63, 3.8) is 0 Å². The fraction of sp³-hybridized carbons (Fsp3) is 0.421. The summed E-state index contributed by atoms with van der Waals surface area (Å²) in [6, 6.07) is 8.53. The minimum absolute atomic E-state index is 0.0853. The molecule has 3 aromatic rings. The van der Waals surface area contributed by atoms with Crippen LogP contribution in [-0.2, 0) is 12.8 Å². The molecule has 3 rings (SSSR count). The second kappa shape index (κ2) is 8.05. The number of nitrogens with two attached hydrogens (primary N) is 1. The Morgan fingerprint density at radius 2 is 1.84 bits per heavy atom. The zero-order valence-electron chi connectivity index (χ0n) is 14.6. The third-order valence-corrected chi connectivity index (χ3v) is 4.33. The van der Waals surface area contributed by atoms with E-state index in [1.807, 2.05) is 0 Å². The number of hydrogen-bond acceptors (Lipinski definition) is 4. The van der Waals surface area contributed by atoms with Crippen molar-refractivity contribution in [3.05, 3.63) is 47.3 Å². The summed E-state index contributed by atoms with van der Waals surface area (Å²) < 4.78 is 13.2. The van der Waals surface area contributed by atoms with E-state index in [0.29, 0.717) is 17.8 Å². The predicted molar refractivity (Wildman–Crippen MR) is 97.8 cm³/mol. The van der Waals surface area contributed by atoms with Crippen molar-refractivity contribution >= 4 is 17.0 Å². The molecule has 0 radical (unpaired) electrons. The lowest BCUT2D eigenvalue weighted by Crippen LogP contribution is -1.97. The van der Waals surface area contributed by atoms with Gasteiger partial charge in [-0.3, -0.25) is 0 Å². The molecule has 0 unspecified atom stereocenters. The topological polar surface area (TPSA) is 80.5 Å². The molecule has 2 heterocycles. The molecule has 3 N–H and O–H groups in total. The van der Waals surface area contributed by atoms with Gasteiger partial charge in [0, 0.05) is 6.42 Å². The van der Waals surface area contributed by atoms with Gasteiger partial charge in [-0.2, -0.15) is 14.4 Å². The van der Waals surface area contributed by atoms with Gasteiger partial charge in [0.2, 0.25) is 0 Å². The molecule has 0 amide bonds. The minimum Gasteiger partial charge on any atom is -0.382 e. The quantitative estimate of drug-likeness (QED) is 0.476. The van der Waals surface area contributed by atoms with Crippen LogP contribution in [0.4, 0.5) is 10.2 Å². The number of nitrogen functional groups attached to an aromatic ring is 1. The zero-order valence-corrected chi connectivity index (χ0v) is 14.6. The Morgan fingerprint density at radius 1 is 1.04 bits per heavy atom. The Bertz CT molecular complexity index is 843. The highest BCUT2D eigenvalue weighted by molar-refractivity contribution is 5.81. The van der Waals surface area contributed by atoms with Gasteiger partial charge in [-0.05, 0) is 24.0 Å². The number of hydrogen-bond donors (Lipinski definition) is 2. The monoisotopic (exact) mass is 341 g/mol. The van der Waals surface area contributed by atoms with E-state index in [1.54, 1.807) is 0 Å². The van der Waals surface area contributed by atoms with Gasteiger partial charge in [0.05, 0.1) is 0 Å². The SMILES string of the molecule is CCCCCCCc1cccc(Cc2nc3nc(F)nc(N)c3[nH]2)c1. The number of benzene rings is 1. The lowest BCUT2D eigenvalue weighted by Gasteiger charge is -2.04. The molecule has 2 aromatic heterocycles. The van der Waals surface area contributed by atoms with Crippen LogP contribution >= 0.6 is 0 Å². The van der Waals surface area contributed by atoms with Crippen LogP contribution in [0.25, 0.3) is 11.2 Å². The number of imidazole rings is 1. The second-order valence-corrected chi connectivity index (χ2v) is 6.42. The maximum atomic E-state index is 13.2. The van der Waals surface area contributed by atoms with Crippen molar-refractivity contribution in [3.8, 4) is 0 Å². The van der Waals surface area contributed by atoms with E-state index in [-0.39, 0.29) is 11.5 Å². The lowest BCUT2D eigenvalue weighted by atomic mass is 10.0. The van der Waals surface area contributed by atoms with E-state index in [0.717, 1.165) is 12.0 Å². The molecule has 132 valence electrons. The molecule has 1 aromatic carbocycles. The first kappa shape index (κ1) is 17.3. The number of aromatic amines is 1. The first-order chi connectivity index (χ1) is 12.2. The summed E-state index contributed by atoms with van der Waals surface area (Å²) in [4.78, 5) is 14.6. The molecule has 0 spiro atoms. The van der Waals surface area contributed by atoms with E-state index < -0.39 is 6.08 Å². The number of aryl methyl sites for hydroxylation is 1. The van der Waals surface area contributed by atoms with Crippen LogP contribution in [-0.4, -0.2) is 19.9 Å². The standard InChI is InChI=1S/C19H24FN5/c1-2-3-4-5-6-8-13-9-7-10-14(11-13)12-15-22-16-17(21)24-19(20)25-18(16)23-15/h7,9-11H,2-6,8,12H2,1H3,(H3,21,22,23,24,25). The van der Waals surface area contributed by atoms with E-state index in [2.05, 4.69) is 51.1 Å². The summed E-state index contributed by atoms with van der Waals surface area (Å²) in [7, 11) is 0. The fourth-order valence-electron chi connectivity index (χ4n) is 3.04. The Kier molecular flexibility index (Phi) is 5.58. The van der Waals surface area contributed by atoms with Crippen LogP contribution in [0, 0.1) is 6.08 Å². The van der Waals surface area contributed by atoms with Gasteiger partial charge in [-0.1, -0.05) is 56.9 Å². The maximum Gasteiger partial charge on any atom is 0.312 e. The highest BCUT2D eigenvalue weighted by atomic mass is 19.1.